The fraction of sp³-hybridized carbons (Fsp3) is 0.400. The van der Waals surface area contributed by atoms with Crippen molar-refractivity contribution in [3.8, 4) is 11.8 Å². The van der Waals surface area contributed by atoms with Crippen molar-refractivity contribution in [2.24, 2.45) is 0 Å². The van der Waals surface area contributed by atoms with E-state index in [1.807, 2.05) is 0 Å². The van der Waals surface area contributed by atoms with Crippen LogP contribution >= 0.6 is 0 Å². The lowest BCUT2D eigenvalue weighted by atomic mass is 9.99. The van der Waals surface area contributed by atoms with Crippen molar-refractivity contribution in [1.82, 2.24) is 10.2 Å². The summed E-state index contributed by atoms with van der Waals surface area (Å²) in [6.07, 6.45) is 2.50. The molecule has 0 aromatic carbocycles. The first kappa shape index (κ1) is 9.66. The fourth-order valence-corrected chi connectivity index (χ4v) is 0.958. The molecule has 0 saturated carbocycles. The Morgan fingerprint density at radius 1 is 1.54 bits per heavy atom. The number of halogens is 1. The van der Waals surface area contributed by atoms with Crippen LogP contribution in [0.4, 0.5) is 4.39 Å². The molecular formula is C10H10FN2. The van der Waals surface area contributed by atoms with Crippen LogP contribution in [-0.4, -0.2) is 10.2 Å². The first-order chi connectivity index (χ1) is 6.05. The zero-order valence-corrected chi connectivity index (χ0v) is 7.85. The van der Waals surface area contributed by atoms with Gasteiger partial charge in [0.1, 0.15) is 17.6 Å². The normalized spacial score (nSPS) is 10.5. The van der Waals surface area contributed by atoms with E-state index in [-0.39, 0.29) is 0 Å². The van der Waals surface area contributed by atoms with Crippen molar-refractivity contribution in [3.05, 3.63) is 23.5 Å². The first-order valence-electron chi connectivity index (χ1n) is 3.91. The minimum atomic E-state index is -1.45. The molecule has 0 aliphatic heterocycles. The molecule has 1 heterocycles. The van der Waals surface area contributed by atoms with Gasteiger partial charge in [-0.05, 0) is 32.8 Å². The SMILES string of the molecule is CC#Cc1nn[c]cc1C(C)(C)F. The Hall–Kier alpha value is -1.43. The van der Waals surface area contributed by atoms with Gasteiger partial charge in [0.05, 0.1) is 0 Å². The zero-order chi connectivity index (χ0) is 9.90. The van der Waals surface area contributed by atoms with Gasteiger partial charge >= 0.3 is 0 Å². The number of nitrogens with zero attached hydrogens (tertiary/aromatic N) is 2. The lowest BCUT2D eigenvalue weighted by Gasteiger charge is -2.14. The van der Waals surface area contributed by atoms with Crippen LogP contribution in [0.5, 0.6) is 0 Å². The summed E-state index contributed by atoms with van der Waals surface area (Å²) in [5, 5.41) is 7.25. The molecule has 0 saturated heterocycles. The van der Waals surface area contributed by atoms with Crippen LogP contribution < -0.4 is 0 Å². The fourth-order valence-electron chi connectivity index (χ4n) is 0.958. The summed E-state index contributed by atoms with van der Waals surface area (Å²) in [4.78, 5) is 0. The van der Waals surface area contributed by atoms with Gasteiger partial charge in [-0.15, -0.1) is 10.2 Å². The smallest absolute Gasteiger partial charge is 0.142 e. The van der Waals surface area contributed by atoms with Gasteiger partial charge in [0.2, 0.25) is 0 Å². The monoisotopic (exact) mass is 177 g/mol. The second-order valence-corrected chi connectivity index (χ2v) is 3.08. The van der Waals surface area contributed by atoms with Crippen LogP contribution in [0.2, 0.25) is 0 Å². The summed E-state index contributed by atoms with van der Waals surface area (Å²) >= 11 is 0. The van der Waals surface area contributed by atoms with Crippen LogP contribution in [0.1, 0.15) is 32.0 Å². The molecule has 1 radical (unpaired) electrons. The minimum absolute atomic E-state index is 0.383. The number of hydrogen-bond acceptors (Lipinski definition) is 2. The Morgan fingerprint density at radius 2 is 2.23 bits per heavy atom. The average Bonchev–Trinajstić information content (AvgIpc) is 2.04. The Bertz CT molecular complexity index is 355. The van der Waals surface area contributed by atoms with Gasteiger partial charge in [0.15, 0.2) is 0 Å². The largest absolute Gasteiger partial charge is 0.239 e. The van der Waals surface area contributed by atoms with Crippen LogP contribution in [0, 0.1) is 18.0 Å². The second-order valence-electron chi connectivity index (χ2n) is 3.08. The Labute approximate surface area is 77.2 Å². The van der Waals surface area contributed by atoms with Crippen molar-refractivity contribution < 1.29 is 4.39 Å². The van der Waals surface area contributed by atoms with Crippen LogP contribution in [0.3, 0.4) is 0 Å². The summed E-state index contributed by atoms with van der Waals surface area (Å²) in [5.74, 6) is 5.36. The van der Waals surface area contributed by atoms with Gasteiger partial charge in [-0.3, -0.25) is 0 Å². The molecule has 0 atom stereocenters. The third-order valence-corrected chi connectivity index (χ3v) is 1.56. The lowest BCUT2D eigenvalue weighted by Crippen LogP contribution is -2.13. The van der Waals surface area contributed by atoms with Crippen molar-refractivity contribution in [2.75, 3.05) is 0 Å². The molecule has 0 unspecified atom stereocenters. The number of aromatic nitrogens is 2. The second kappa shape index (κ2) is 3.53. The van der Waals surface area contributed by atoms with Crippen LogP contribution in [-0.2, 0) is 5.67 Å². The summed E-state index contributed by atoms with van der Waals surface area (Å²) in [7, 11) is 0. The highest BCUT2D eigenvalue weighted by molar-refractivity contribution is 5.36. The van der Waals surface area contributed by atoms with E-state index in [0.29, 0.717) is 11.3 Å². The van der Waals surface area contributed by atoms with E-state index in [2.05, 4.69) is 28.2 Å². The molecule has 3 heteroatoms. The third kappa shape index (κ3) is 2.25. The molecule has 0 bridgehead atoms. The molecule has 0 N–H and O–H groups in total. The molecule has 0 spiro atoms. The number of rotatable bonds is 1. The standard InChI is InChI=1S/C10H10FN2/c1-4-5-9-8(10(2,3)11)6-7-12-13-9/h6H,1-3H3. The Kier molecular flexibility index (Phi) is 2.62. The van der Waals surface area contributed by atoms with Gasteiger partial charge in [0, 0.05) is 5.56 Å². The van der Waals surface area contributed by atoms with Crippen molar-refractivity contribution >= 4 is 0 Å². The molecule has 1 aromatic heterocycles. The lowest BCUT2D eigenvalue weighted by molar-refractivity contribution is 0.220. The van der Waals surface area contributed by atoms with E-state index >= 15 is 0 Å². The maximum absolute atomic E-state index is 13.5. The van der Waals surface area contributed by atoms with E-state index in [4.69, 9.17) is 0 Å². The van der Waals surface area contributed by atoms with Gasteiger partial charge in [-0.25, -0.2) is 4.39 Å². The third-order valence-electron chi connectivity index (χ3n) is 1.56. The Balaban J connectivity index is 3.25. The molecule has 0 amide bonds. The summed E-state index contributed by atoms with van der Waals surface area (Å²) in [6, 6.07) is 1.48. The van der Waals surface area contributed by atoms with Gasteiger partial charge in [-0.1, -0.05) is 5.92 Å². The van der Waals surface area contributed by atoms with Crippen LogP contribution in [0.25, 0.3) is 0 Å². The highest BCUT2D eigenvalue weighted by Gasteiger charge is 2.22. The highest BCUT2D eigenvalue weighted by atomic mass is 19.1. The van der Waals surface area contributed by atoms with Crippen molar-refractivity contribution in [2.45, 2.75) is 26.4 Å². The molecule has 13 heavy (non-hydrogen) atoms. The molecule has 0 aliphatic rings. The van der Waals surface area contributed by atoms with Gasteiger partial charge in [0.25, 0.3) is 0 Å². The van der Waals surface area contributed by atoms with E-state index in [1.165, 1.54) is 19.9 Å². The maximum atomic E-state index is 13.5. The van der Waals surface area contributed by atoms with E-state index < -0.39 is 5.67 Å². The van der Waals surface area contributed by atoms with Crippen molar-refractivity contribution in [3.63, 3.8) is 0 Å². The maximum Gasteiger partial charge on any atom is 0.142 e. The van der Waals surface area contributed by atoms with E-state index in [0.717, 1.165) is 0 Å². The number of alkyl halides is 1. The molecule has 0 aliphatic carbocycles. The van der Waals surface area contributed by atoms with Gasteiger partial charge < -0.3 is 0 Å². The van der Waals surface area contributed by atoms with Gasteiger partial charge in [-0.2, -0.15) is 0 Å². The minimum Gasteiger partial charge on any atom is -0.239 e. The van der Waals surface area contributed by atoms with Crippen molar-refractivity contribution in [1.29, 1.82) is 0 Å². The van der Waals surface area contributed by atoms with E-state index in [1.54, 1.807) is 6.92 Å². The first-order valence-corrected chi connectivity index (χ1v) is 3.91. The molecular weight excluding hydrogens is 167 g/mol. The highest BCUT2D eigenvalue weighted by Crippen LogP contribution is 2.25. The topological polar surface area (TPSA) is 25.8 Å². The summed E-state index contributed by atoms with van der Waals surface area (Å²) in [6.45, 7) is 4.59. The molecule has 2 nitrogen and oxygen atoms in total. The quantitative estimate of drug-likeness (QED) is 0.612. The molecule has 0 fully saturated rings. The summed E-state index contributed by atoms with van der Waals surface area (Å²) in [5.41, 5.74) is -0.642. The predicted octanol–water partition coefficient (Wildman–Crippen LogP) is 1.85. The molecule has 1 aromatic rings. The average molecular weight is 177 g/mol. The molecule has 67 valence electrons. The van der Waals surface area contributed by atoms with E-state index in [9.17, 15) is 4.39 Å². The predicted molar refractivity (Wildman–Crippen MR) is 47.6 cm³/mol. The Morgan fingerprint density at radius 3 is 2.77 bits per heavy atom. The zero-order valence-electron chi connectivity index (χ0n) is 7.85. The van der Waals surface area contributed by atoms with Crippen LogP contribution in [0.15, 0.2) is 6.07 Å². The summed E-state index contributed by atoms with van der Waals surface area (Å²) < 4.78 is 13.5. The number of hydrogen-bond donors (Lipinski definition) is 0. The molecule has 1 rings (SSSR count).